The maximum absolute atomic E-state index is 13.5. The number of hydrogen-bond acceptors (Lipinski definition) is 9. The van der Waals surface area contributed by atoms with Gasteiger partial charge in [0, 0.05) is 6.42 Å². The summed E-state index contributed by atoms with van der Waals surface area (Å²) in [4.78, 5) is 103. The molecule has 1 aliphatic heterocycles. The zero-order valence-electron chi connectivity index (χ0n) is 26.4. The second-order valence-electron chi connectivity index (χ2n) is 11.7. The molecule has 2 rings (SSSR count). The first-order chi connectivity index (χ1) is 22.0. The molecule has 0 unspecified atom stereocenters. The van der Waals surface area contributed by atoms with E-state index in [-0.39, 0.29) is 18.8 Å². The van der Waals surface area contributed by atoms with E-state index >= 15 is 0 Å². The van der Waals surface area contributed by atoms with Gasteiger partial charge in [0.25, 0.3) is 0 Å². The number of rotatable bonds is 9. The van der Waals surface area contributed by atoms with E-state index < -0.39 is 103 Å². The number of nitrogens with one attached hydrogen (secondary N) is 6. The zero-order valence-corrected chi connectivity index (χ0v) is 26.4. The van der Waals surface area contributed by atoms with Crippen molar-refractivity contribution in [3.05, 3.63) is 35.9 Å². The average molecular weight is 663 g/mol. The summed E-state index contributed by atoms with van der Waals surface area (Å²) in [6.07, 6.45) is -3.55. The number of carboxylic acid groups (broad SMARTS) is 2. The van der Waals surface area contributed by atoms with Crippen molar-refractivity contribution in [1.29, 1.82) is 0 Å². The van der Waals surface area contributed by atoms with Crippen molar-refractivity contribution >= 4 is 47.4 Å². The summed E-state index contributed by atoms with van der Waals surface area (Å²) in [6.45, 7) is 5.82. The Morgan fingerprint density at radius 3 is 1.57 bits per heavy atom. The molecule has 0 aromatic heterocycles. The van der Waals surface area contributed by atoms with Crippen molar-refractivity contribution in [3.63, 3.8) is 0 Å². The summed E-state index contributed by atoms with van der Waals surface area (Å²) >= 11 is 0. The number of aliphatic hydroxyl groups excluding tert-OH is 1. The molecule has 1 fully saturated rings. The van der Waals surface area contributed by atoms with E-state index in [1.807, 2.05) is 0 Å². The van der Waals surface area contributed by atoms with Crippen LogP contribution in [-0.4, -0.2) is 105 Å². The Hall–Kier alpha value is -5.06. The maximum atomic E-state index is 13.5. The molecule has 0 radical (unpaired) electrons. The standard InChI is InChI=1S/C30H42N6O11/c1-14(2)10-18-26(43)35-21(13-23(40)41)29(46)36-24(16(4)37)30(47)31-15(3)25(42)32-19(11-17-8-6-5-7-9-17)27(44)34-20(12-22(38)39)28(45)33-18/h5-9,14-16,18-21,24,37H,10-13H2,1-4H3,(H,31,47)(H,32,42)(H,33,45)(H,34,44)(H,35,43)(H,36,46)(H,38,39)(H,40,41)/t15-,16-,18+,19-,20-,21-,24+/m1/s1. The third-order valence-electron chi connectivity index (χ3n) is 7.09. The molecule has 0 bridgehead atoms. The van der Waals surface area contributed by atoms with E-state index in [0.717, 1.165) is 6.92 Å². The number of benzene rings is 1. The van der Waals surface area contributed by atoms with Crippen molar-refractivity contribution in [1.82, 2.24) is 31.9 Å². The van der Waals surface area contributed by atoms with E-state index in [4.69, 9.17) is 0 Å². The van der Waals surface area contributed by atoms with Crippen LogP contribution in [0.2, 0.25) is 0 Å². The van der Waals surface area contributed by atoms with Crippen LogP contribution < -0.4 is 31.9 Å². The van der Waals surface area contributed by atoms with Crippen LogP contribution in [0.1, 0.15) is 52.5 Å². The molecule has 258 valence electrons. The van der Waals surface area contributed by atoms with Crippen molar-refractivity contribution in [3.8, 4) is 0 Å². The van der Waals surface area contributed by atoms with Gasteiger partial charge in [0.2, 0.25) is 35.4 Å². The highest BCUT2D eigenvalue weighted by molar-refractivity contribution is 5.99. The number of carbonyl (C=O) groups excluding carboxylic acids is 6. The van der Waals surface area contributed by atoms with Gasteiger partial charge in [0.1, 0.15) is 36.3 Å². The van der Waals surface area contributed by atoms with Crippen LogP contribution >= 0.6 is 0 Å². The fraction of sp³-hybridized carbons (Fsp3) is 0.533. The molecular formula is C30H42N6O11. The smallest absolute Gasteiger partial charge is 0.305 e. The van der Waals surface area contributed by atoms with Gasteiger partial charge in [-0.25, -0.2) is 0 Å². The van der Waals surface area contributed by atoms with Crippen LogP contribution in [0, 0.1) is 5.92 Å². The van der Waals surface area contributed by atoms with Gasteiger partial charge in [-0.05, 0) is 31.7 Å². The summed E-state index contributed by atoms with van der Waals surface area (Å²) in [5, 5.41) is 43.1. The lowest BCUT2D eigenvalue weighted by molar-refractivity contribution is -0.142. The normalized spacial score (nSPS) is 25.9. The summed E-state index contributed by atoms with van der Waals surface area (Å²) in [6, 6.07) is -0.919. The summed E-state index contributed by atoms with van der Waals surface area (Å²) in [5.41, 5.74) is 0.590. The second-order valence-corrected chi connectivity index (χ2v) is 11.7. The van der Waals surface area contributed by atoms with E-state index in [1.165, 1.54) is 6.92 Å². The van der Waals surface area contributed by atoms with E-state index in [1.54, 1.807) is 44.2 Å². The fourth-order valence-electron chi connectivity index (χ4n) is 4.67. The van der Waals surface area contributed by atoms with Gasteiger partial charge in [-0.15, -0.1) is 0 Å². The second kappa shape index (κ2) is 17.6. The third-order valence-corrected chi connectivity index (χ3v) is 7.09. The topological polar surface area (TPSA) is 269 Å². The number of hydrogen-bond donors (Lipinski definition) is 9. The van der Waals surface area contributed by atoms with Gasteiger partial charge < -0.3 is 47.2 Å². The molecule has 6 amide bonds. The Balaban J connectivity index is 2.60. The average Bonchev–Trinajstić information content (AvgIpc) is 2.97. The van der Waals surface area contributed by atoms with Crippen molar-refractivity contribution in [2.45, 2.75) is 95.7 Å². The lowest BCUT2D eigenvalue weighted by Crippen LogP contribution is -2.63. The highest BCUT2D eigenvalue weighted by atomic mass is 16.4. The predicted molar refractivity (Wildman–Crippen MR) is 163 cm³/mol. The molecule has 9 N–H and O–H groups in total. The van der Waals surface area contributed by atoms with Gasteiger partial charge in [0.05, 0.1) is 18.9 Å². The van der Waals surface area contributed by atoms with Crippen LogP contribution in [0.15, 0.2) is 30.3 Å². The minimum absolute atomic E-state index is 0.0456. The first kappa shape index (κ1) is 38.1. The Kier molecular flexibility index (Phi) is 14.3. The van der Waals surface area contributed by atoms with Crippen molar-refractivity contribution in [2.24, 2.45) is 5.92 Å². The van der Waals surface area contributed by atoms with E-state index in [2.05, 4.69) is 31.9 Å². The summed E-state index contributed by atoms with van der Waals surface area (Å²) in [7, 11) is 0. The molecule has 7 atom stereocenters. The lowest BCUT2D eigenvalue weighted by Gasteiger charge is -2.29. The fourth-order valence-corrected chi connectivity index (χ4v) is 4.67. The molecule has 1 aromatic rings. The molecule has 1 aromatic carbocycles. The zero-order chi connectivity index (χ0) is 35.4. The van der Waals surface area contributed by atoms with E-state index in [0.29, 0.717) is 5.56 Å². The largest absolute Gasteiger partial charge is 0.481 e. The molecule has 0 aliphatic carbocycles. The molecule has 0 spiro atoms. The maximum Gasteiger partial charge on any atom is 0.305 e. The third kappa shape index (κ3) is 12.3. The SMILES string of the molecule is CC(C)C[C@@H]1NC(=O)[C@@H](CC(=O)O)NC(=O)[C@@H](Cc2ccccc2)NC(=O)[C@@H](C)NC(=O)[C@H]([C@@H](C)O)NC(=O)[C@@H](CC(=O)O)NC1=O. The minimum Gasteiger partial charge on any atom is -0.481 e. The van der Waals surface area contributed by atoms with E-state index in [9.17, 15) is 53.7 Å². The van der Waals surface area contributed by atoms with Crippen LogP contribution in [0.4, 0.5) is 0 Å². The van der Waals surface area contributed by atoms with Gasteiger partial charge in [-0.3, -0.25) is 38.4 Å². The van der Waals surface area contributed by atoms with Crippen molar-refractivity contribution < 1.29 is 53.7 Å². The van der Waals surface area contributed by atoms with Gasteiger partial charge in [-0.1, -0.05) is 44.2 Å². The number of aliphatic carboxylic acids is 2. The number of aliphatic hydroxyl groups is 1. The highest BCUT2D eigenvalue weighted by Crippen LogP contribution is 2.10. The molecule has 47 heavy (non-hydrogen) atoms. The summed E-state index contributed by atoms with van der Waals surface area (Å²) in [5.74, 6) is -9.31. The number of carboxylic acids is 2. The molecular weight excluding hydrogens is 620 g/mol. The lowest BCUT2D eigenvalue weighted by atomic mass is 10.0. The van der Waals surface area contributed by atoms with Gasteiger partial charge >= 0.3 is 11.9 Å². The minimum atomic E-state index is -1.78. The molecule has 17 nitrogen and oxygen atoms in total. The Labute approximate surface area is 270 Å². The molecule has 1 saturated heterocycles. The van der Waals surface area contributed by atoms with Crippen LogP contribution in [0.5, 0.6) is 0 Å². The van der Waals surface area contributed by atoms with Crippen molar-refractivity contribution in [2.75, 3.05) is 0 Å². The number of carbonyl (C=O) groups is 8. The molecule has 17 heteroatoms. The summed E-state index contributed by atoms with van der Waals surface area (Å²) < 4.78 is 0. The highest BCUT2D eigenvalue weighted by Gasteiger charge is 2.36. The molecule has 0 saturated carbocycles. The predicted octanol–water partition coefficient (Wildman–Crippen LogP) is -2.45. The molecule has 1 aliphatic rings. The van der Waals surface area contributed by atoms with Crippen LogP contribution in [-0.2, 0) is 44.8 Å². The Morgan fingerprint density at radius 2 is 1.09 bits per heavy atom. The first-order valence-electron chi connectivity index (χ1n) is 15.0. The van der Waals surface area contributed by atoms with Crippen LogP contribution in [0.3, 0.4) is 0 Å². The van der Waals surface area contributed by atoms with Crippen LogP contribution in [0.25, 0.3) is 0 Å². The quantitative estimate of drug-likeness (QED) is 0.134. The van der Waals surface area contributed by atoms with Gasteiger partial charge in [-0.2, -0.15) is 0 Å². The monoisotopic (exact) mass is 662 g/mol. The Morgan fingerprint density at radius 1 is 0.638 bits per heavy atom. The van der Waals surface area contributed by atoms with Gasteiger partial charge in [0.15, 0.2) is 0 Å². The number of amides is 6. The molecule has 1 heterocycles. The first-order valence-corrected chi connectivity index (χ1v) is 15.0. The Bertz CT molecular complexity index is 1340.